The second kappa shape index (κ2) is 9.42. The molecule has 0 saturated carbocycles. The van der Waals surface area contributed by atoms with Crippen molar-refractivity contribution < 1.29 is 28.6 Å². The smallest absolute Gasteiger partial charge is 0.305 e. The van der Waals surface area contributed by atoms with E-state index in [0.717, 1.165) is 0 Å². The van der Waals surface area contributed by atoms with E-state index in [1.165, 1.54) is 11.2 Å². The van der Waals surface area contributed by atoms with Gasteiger partial charge < -0.3 is 24.5 Å². The van der Waals surface area contributed by atoms with Crippen LogP contribution in [0.5, 0.6) is 5.75 Å². The first-order valence-corrected chi connectivity index (χ1v) is 8.46. The summed E-state index contributed by atoms with van der Waals surface area (Å²) < 4.78 is 10.5. The van der Waals surface area contributed by atoms with Crippen LogP contribution in [0.2, 0.25) is 0 Å². The number of carboxylic acid groups (broad SMARTS) is 1. The van der Waals surface area contributed by atoms with Gasteiger partial charge >= 0.3 is 5.97 Å². The van der Waals surface area contributed by atoms with Crippen molar-refractivity contribution in [1.29, 1.82) is 0 Å². The van der Waals surface area contributed by atoms with Gasteiger partial charge in [-0.3, -0.25) is 14.4 Å². The highest BCUT2D eigenvalue weighted by Gasteiger charge is 2.18. The topological polar surface area (TPSA) is 109 Å². The maximum Gasteiger partial charge on any atom is 0.305 e. The maximum absolute atomic E-state index is 12.3. The fraction of sp³-hybridized carbons (Fsp3) is 0.316. The van der Waals surface area contributed by atoms with E-state index in [-0.39, 0.29) is 37.3 Å². The summed E-state index contributed by atoms with van der Waals surface area (Å²) in [5.41, 5.74) is 0.493. The third-order valence-electron chi connectivity index (χ3n) is 3.71. The number of hydrogen-bond acceptors (Lipinski definition) is 5. The Bertz CT molecular complexity index is 785. The lowest BCUT2D eigenvalue weighted by Crippen LogP contribution is -2.41. The fourth-order valence-corrected chi connectivity index (χ4v) is 2.38. The van der Waals surface area contributed by atoms with Crippen molar-refractivity contribution in [2.24, 2.45) is 0 Å². The van der Waals surface area contributed by atoms with E-state index in [9.17, 15) is 14.4 Å². The summed E-state index contributed by atoms with van der Waals surface area (Å²) in [6.07, 6.45) is 1.28. The summed E-state index contributed by atoms with van der Waals surface area (Å²) in [6.45, 7) is 3.51. The minimum atomic E-state index is -0.964. The molecule has 2 aromatic rings. The normalized spacial score (nSPS) is 10.5. The zero-order valence-electron chi connectivity index (χ0n) is 15.2. The fourth-order valence-electron chi connectivity index (χ4n) is 2.38. The van der Waals surface area contributed by atoms with E-state index >= 15 is 0 Å². The molecule has 0 radical (unpaired) electrons. The minimum absolute atomic E-state index is 0.119. The van der Waals surface area contributed by atoms with Crippen LogP contribution in [0.25, 0.3) is 0 Å². The SMILES string of the molecule is CC(C)N(CCC(=O)O)C(=O)COc1cccc(NC(=O)c2ccco2)c1. The van der Waals surface area contributed by atoms with Gasteiger partial charge in [0.25, 0.3) is 11.8 Å². The molecule has 2 amide bonds. The second-order valence-electron chi connectivity index (χ2n) is 6.07. The summed E-state index contributed by atoms with van der Waals surface area (Å²) in [4.78, 5) is 36.5. The minimum Gasteiger partial charge on any atom is -0.484 e. The Morgan fingerprint density at radius 3 is 2.63 bits per heavy atom. The van der Waals surface area contributed by atoms with Gasteiger partial charge in [0.2, 0.25) is 0 Å². The van der Waals surface area contributed by atoms with Crippen molar-refractivity contribution in [3.63, 3.8) is 0 Å². The molecule has 144 valence electrons. The highest BCUT2D eigenvalue weighted by molar-refractivity contribution is 6.02. The molecule has 0 aliphatic heterocycles. The van der Waals surface area contributed by atoms with Gasteiger partial charge in [-0.05, 0) is 38.1 Å². The second-order valence-corrected chi connectivity index (χ2v) is 6.07. The lowest BCUT2D eigenvalue weighted by Gasteiger charge is -2.26. The predicted molar refractivity (Wildman–Crippen MR) is 97.7 cm³/mol. The number of anilines is 1. The maximum atomic E-state index is 12.3. The Morgan fingerprint density at radius 2 is 2.00 bits per heavy atom. The average molecular weight is 374 g/mol. The van der Waals surface area contributed by atoms with Gasteiger partial charge in [0.05, 0.1) is 12.7 Å². The van der Waals surface area contributed by atoms with Crippen molar-refractivity contribution in [3.05, 3.63) is 48.4 Å². The molecule has 8 nitrogen and oxygen atoms in total. The predicted octanol–water partition coefficient (Wildman–Crippen LogP) is 2.62. The van der Waals surface area contributed by atoms with Gasteiger partial charge in [-0.25, -0.2) is 0 Å². The molecule has 1 heterocycles. The zero-order chi connectivity index (χ0) is 19.8. The Labute approximate surface area is 156 Å². The summed E-state index contributed by atoms with van der Waals surface area (Å²) in [5.74, 6) is -1.08. The van der Waals surface area contributed by atoms with E-state index in [2.05, 4.69) is 5.32 Å². The largest absolute Gasteiger partial charge is 0.484 e. The van der Waals surface area contributed by atoms with Crippen LogP contribution in [-0.2, 0) is 9.59 Å². The number of furan rings is 1. The quantitative estimate of drug-likeness (QED) is 0.698. The zero-order valence-corrected chi connectivity index (χ0v) is 15.2. The molecule has 0 saturated heterocycles. The van der Waals surface area contributed by atoms with Crippen LogP contribution in [0.3, 0.4) is 0 Å². The number of carboxylic acids is 1. The number of benzene rings is 1. The van der Waals surface area contributed by atoms with Gasteiger partial charge in [0, 0.05) is 24.3 Å². The monoisotopic (exact) mass is 374 g/mol. The number of rotatable bonds is 9. The summed E-state index contributed by atoms with van der Waals surface area (Å²) in [6, 6.07) is 9.64. The highest BCUT2D eigenvalue weighted by Crippen LogP contribution is 2.18. The van der Waals surface area contributed by atoms with E-state index in [1.807, 2.05) is 13.8 Å². The number of hydrogen-bond donors (Lipinski definition) is 2. The van der Waals surface area contributed by atoms with Gasteiger partial charge in [-0.1, -0.05) is 6.07 Å². The molecule has 0 atom stereocenters. The van der Waals surface area contributed by atoms with Crippen LogP contribution < -0.4 is 10.1 Å². The average Bonchev–Trinajstić information content (AvgIpc) is 3.14. The van der Waals surface area contributed by atoms with Crippen molar-refractivity contribution in [1.82, 2.24) is 4.90 Å². The van der Waals surface area contributed by atoms with E-state index in [4.69, 9.17) is 14.3 Å². The molecule has 0 unspecified atom stereocenters. The molecule has 1 aromatic carbocycles. The van der Waals surface area contributed by atoms with Gasteiger partial charge in [-0.2, -0.15) is 0 Å². The van der Waals surface area contributed by atoms with Crippen LogP contribution in [0, 0.1) is 0 Å². The molecule has 0 bridgehead atoms. The number of nitrogens with one attached hydrogen (secondary N) is 1. The summed E-state index contributed by atoms with van der Waals surface area (Å²) in [5, 5.41) is 11.5. The van der Waals surface area contributed by atoms with Gasteiger partial charge in [0.1, 0.15) is 5.75 Å². The molecule has 1 aromatic heterocycles. The third-order valence-corrected chi connectivity index (χ3v) is 3.71. The standard InChI is InChI=1S/C19H22N2O6/c1-13(2)21(9-8-18(23)24)17(22)12-27-15-6-3-5-14(11-15)20-19(25)16-7-4-10-26-16/h3-7,10-11,13H,8-9,12H2,1-2H3,(H,20,25)(H,23,24). The molecule has 8 heteroatoms. The van der Waals surface area contributed by atoms with Crippen molar-refractivity contribution in [2.45, 2.75) is 26.3 Å². The van der Waals surface area contributed by atoms with E-state index in [1.54, 1.807) is 36.4 Å². The van der Waals surface area contributed by atoms with Crippen LogP contribution >= 0.6 is 0 Å². The first kappa shape index (κ1) is 20.0. The number of aliphatic carboxylic acids is 1. The number of amides is 2. The van der Waals surface area contributed by atoms with Crippen LogP contribution in [0.15, 0.2) is 47.1 Å². The van der Waals surface area contributed by atoms with Crippen LogP contribution in [0.1, 0.15) is 30.8 Å². The molecule has 2 rings (SSSR count). The Kier molecular flexibility index (Phi) is 6.99. The number of carbonyl (C=O) groups is 3. The molecule has 27 heavy (non-hydrogen) atoms. The van der Waals surface area contributed by atoms with Gasteiger partial charge in [0.15, 0.2) is 12.4 Å². The third kappa shape index (κ3) is 6.18. The van der Waals surface area contributed by atoms with Gasteiger partial charge in [-0.15, -0.1) is 0 Å². The van der Waals surface area contributed by atoms with Crippen molar-refractivity contribution in [2.75, 3.05) is 18.5 Å². The van der Waals surface area contributed by atoms with Crippen LogP contribution in [-0.4, -0.2) is 47.0 Å². The van der Waals surface area contributed by atoms with Crippen molar-refractivity contribution in [3.8, 4) is 5.75 Å². The molecular weight excluding hydrogens is 352 g/mol. The Morgan fingerprint density at radius 1 is 1.22 bits per heavy atom. The van der Waals surface area contributed by atoms with E-state index < -0.39 is 11.9 Å². The lowest BCUT2D eigenvalue weighted by molar-refractivity contribution is -0.139. The van der Waals surface area contributed by atoms with Crippen LogP contribution in [0.4, 0.5) is 5.69 Å². The highest BCUT2D eigenvalue weighted by atomic mass is 16.5. The molecule has 0 fully saturated rings. The lowest BCUT2D eigenvalue weighted by atomic mass is 10.2. The van der Waals surface area contributed by atoms with Crippen molar-refractivity contribution >= 4 is 23.5 Å². The Balaban J connectivity index is 1.94. The molecule has 0 aliphatic rings. The summed E-state index contributed by atoms with van der Waals surface area (Å²) >= 11 is 0. The number of carbonyl (C=O) groups excluding carboxylic acids is 2. The summed E-state index contributed by atoms with van der Waals surface area (Å²) in [7, 11) is 0. The first-order valence-electron chi connectivity index (χ1n) is 8.46. The van der Waals surface area contributed by atoms with E-state index in [0.29, 0.717) is 11.4 Å². The molecular formula is C19H22N2O6. The molecule has 2 N–H and O–H groups in total. The molecule has 0 aliphatic carbocycles. The first-order chi connectivity index (χ1) is 12.9. The number of ether oxygens (including phenoxy) is 1. The Hall–Kier alpha value is -3.29. The molecule has 0 spiro atoms. The number of nitrogens with zero attached hydrogens (tertiary/aromatic N) is 1.